The van der Waals surface area contributed by atoms with E-state index in [1.807, 2.05) is 43.3 Å². The minimum Gasteiger partial charge on any atom is -0.406 e. The summed E-state index contributed by atoms with van der Waals surface area (Å²) in [6, 6.07) is 16.5. The largest absolute Gasteiger partial charge is 0.406 e. The van der Waals surface area contributed by atoms with Crippen LogP contribution in [0.3, 0.4) is 0 Å². The number of fused-ring (bicyclic) bond motifs is 5. The number of halogens is 1. The van der Waals surface area contributed by atoms with Gasteiger partial charge in [0.1, 0.15) is 0 Å². The summed E-state index contributed by atoms with van der Waals surface area (Å²) >= 11 is 6.24. The molecule has 6 rings (SSSR count). The van der Waals surface area contributed by atoms with E-state index in [9.17, 15) is 25.9 Å². The van der Waals surface area contributed by atoms with Gasteiger partial charge < -0.3 is 9.15 Å². The maximum absolute atomic E-state index is 12.6. The number of quaternary nitrogens is 1. The number of hydrogen-bond acceptors (Lipinski definition) is 6. The normalized spacial score (nSPS) is 21.7. The molecule has 2 N–H and O–H groups in total. The molecule has 0 bridgehead atoms. The monoisotopic (exact) mass is 632 g/mol. The van der Waals surface area contributed by atoms with Gasteiger partial charge in [-0.15, -0.1) is 0 Å². The lowest BCUT2D eigenvalue weighted by Crippen LogP contribution is -2.67. The Labute approximate surface area is 248 Å². The summed E-state index contributed by atoms with van der Waals surface area (Å²) in [5.41, 5.74) is 2.63. The summed E-state index contributed by atoms with van der Waals surface area (Å²) in [4.78, 5) is 0. The van der Waals surface area contributed by atoms with Crippen LogP contribution in [0.15, 0.2) is 76.5 Å². The Morgan fingerprint density at radius 1 is 1.12 bits per heavy atom. The number of aryl methyl sites for hydroxylation is 1. The molecule has 1 spiro atoms. The summed E-state index contributed by atoms with van der Waals surface area (Å²) in [6.45, 7) is 2.58. The lowest BCUT2D eigenvalue weighted by atomic mass is 10.0. The van der Waals surface area contributed by atoms with Crippen molar-refractivity contribution in [2.45, 2.75) is 38.1 Å². The Balaban J connectivity index is 1.48. The van der Waals surface area contributed by atoms with Gasteiger partial charge in [0.2, 0.25) is 11.0 Å². The van der Waals surface area contributed by atoms with Crippen molar-refractivity contribution in [3.05, 3.63) is 83.0 Å². The van der Waals surface area contributed by atoms with Gasteiger partial charge in [-0.25, -0.2) is 4.48 Å². The number of oxazole rings is 1. The lowest BCUT2D eigenvalue weighted by Gasteiger charge is -2.45. The predicted molar refractivity (Wildman–Crippen MR) is 160 cm³/mol. The van der Waals surface area contributed by atoms with Crippen LogP contribution in [-0.4, -0.2) is 43.6 Å². The maximum Gasteiger partial charge on any atom is 0.374 e. The highest BCUT2D eigenvalue weighted by Crippen LogP contribution is 2.56. The average molecular weight is 633 g/mol. The third-order valence-corrected chi connectivity index (χ3v) is 10.3. The van der Waals surface area contributed by atoms with Crippen molar-refractivity contribution in [2.24, 2.45) is 0 Å². The number of aromatic nitrogens is 1. The quantitative estimate of drug-likeness (QED) is 0.149. The zero-order chi connectivity index (χ0) is 29.9. The minimum atomic E-state index is -4.43. The summed E-state index contributed by atoms with van der Waals surface area (Å²) in [6.07, 6.45) is 4.50. The number of rotatable bonds is 8. The number of benzene rings is 3. The molecule has 0 amide bonds. The van der Waals surface area contributed by atoms with Crippen molar-refractivity contribution in [3.63, 3.8) is 0 Å². The van der Waals surface area contributed by atoms with Gasteiger partial charge in [0.25, 0.3) is 15.6 Å². The zero-order valence-electron chi connectivity index (χ0n) is 22.6. The van der Waals surface area contributed by atoms with Gasteiger partial charge in [-0.2, -0.15) is 21.4 Å². The van der Waals surface area contributed by atoms with E-state index in [0.29, 0.717) is 52.3 Å². The van der Waals surface area contributed by atoms with E-state index in [1.54, 1.807) is 34.9 Å². The standard InChI is InChI=1S/C29H27ClN2O8S2/c1-2-19(16-26-31(13-5-15-41(33,34)35)23-18-21(30)9-11-24(23)39-26)17-27-32(14-12-28(32)42(36,37)38)29-22-7-4-3-6-20(22)8-10-25(29)40-27/h3-4,6-11,16-18,28H,2,5,12-15H2,1H3/p+2. The van der Waals surface area contributed by atoms with E-state index < -0.39 is 31.4 Å². The Morgan fingerprint density at radius 3 is 2.60 bits per heavy atom. The molecule has 4 aromatic rings. The molecule has 2 unspecified atom stereocenters. The molecule has 2 aliphatic heterocycles. The number of allylic oxidation sites excluding steroid dienone is 2. The minimum absolute atomic E-state index is 0.134. The Kier molecular flexibility index (Phi) is 7.19. The predicted octanol–water partition coefficient (Wildman–Crippen LogP) is 5.46. The van der Waals surface area contributed by atoms with E-state index >= 15 is 0 Å². The van der Waals surface area contributed by atoms with Crippen LogP contribution in [0.2, 0.25) is 5.02 Å². The van der Waals surface area contributed by atoms with Crippen LogP contribution in [0.1, 0.15) is 32.1 Å². The van der Waals surface area contributed by atoms with Gasteiger partial charge in [-0.3, -0.25) is 9.11 Å². The van der Waals surface area contributed by atoms with E-state index in [0.717, 1.165) is 16.3 Å². The van der Waals surface area contributed by atoms with Crippen molar-refractivity contribution in [2.75, 3.05) is 12.3 Å². The van der Waals surface area contributed by atoms with Crippen molar-refractivity contribution in [1.82, 2.24) is 4.48 Å². The molecule has 1 aromatic heterocycles. The highest BCUT2D eigenvalue weighted by molar-refractivity contribution is 7.86. The van der Waals surface area contributed by atoms with Gasteiger partial charge in [-0.1, -0.05) is 42.8 Å². The van der Waals surface area contributed by atoms with Crippen LogP contribution >= 0.6 is 11.6 Å². The topological polar surface area (TPSA) is 135 Å². The molecule has 3 aromatic carbocycles. The molecule has 2 atom stereocenters. The molecule has 1 saturated heterocycles. The molecule has 0 radical (unpaired) electrons. The average Bonchev–Trinajstić information content (AvgIpc) is 3.42. The molecule has 42 heavy (non-hydrogen) atoms. The van der Waals surface area contributed by atoms with E-state index in [-0.39, 0.29) is 23.9 Å². The maximum atomic E-state index is 12.6. The smallest absolute Gasteiger partial charge is 0.374 e. The van der Waals surface area contributed by atoms with Crippen LogP contribution in [0.4, 0.5) is 5.69 Å². The second kappa shape index (κ2) is 10.5. The molecule has 2 aliphatic rings. The molecule has 220 valence electrons. The molecular weight excluding hydrogens is 604 g/mol. The second-order valence-corrected chi connectivity index (χ2v) is 14.1. The van der Waals surface area contributed by atoms with Crippen molar-refractivity contribution in [3.8, 4) is 5.75 Å². The Hall–Kier alpha value is -3.26. The van der Waals surface area contributed by atoms with Crippen LogP contribution in [0.5, 0.6) is 5.75 Å². The SMILES string of the molecule is CCC(=Cc1oc2ccc(Cl)cc2[n+]1CCCS(=O)(=O)O)C=C1Oc2ccc3ccccc3c2[N+]12CCC2S(=O)(=O)O. The van der Waals surface area contributed by atoms with E-state index in [2.05, 4.69) is 0 Å². The molecule has 0 saturated carbocycles. The second-order valence-electron chi connectivity index (χ2n) is 10.5. The first kappa shape index (κ1) is 28.8. The highest BCUT2D eigenvalue weighted by Gasteiger charge is 2.63. The van der Waals surface area contributed by atoms with Crippen LogP contribution in [0.25, 0.3) is 27.9 Å². The van der Waals surface area contributed by atoms with Crippen molar-refractivity contribution >= 4 is 65.5 Å². The third-order valence-electron chi connectivity index (χ3n) is 7.94. The van der Waals surface area contributed by atoms with Gasteiger partial charge in [0.05, 0.1) is 24.8 Å². The number of ether oxygens (including phenoxy) is 1. The molecule has 0 aliphatic carbocycles. The van der Waals surface area contributed by atoms with Gasteiger partial charge in [-0.05, 0) is 41.6 Å². The van der Waals surface area contributed by atoms with Crippen LogP contribution in [-0.2, 0) is 26.8 Å². The first-order chi connectivity index (χ1) is 19.9. The summed E-state index contributed by atoms with van der Waals surface area (Å²) in [5.74, 6) is 0.902. The summed E-state index contributed by atoms with van der Waals surface area (Å²) in [5, 5.41) is 1.13. The van der Waals surface area contributed by atoms with Gasteiger partial charge in [0.15, 0.2) is 18.0 Å². The Bertz CT molecular complexity index is 2020. The van der Waals surface area contributed by atoms with E-state index in [4.69, 9.17) is 20.8 Å². The molecule has 13 heteroatoms. The molecule has 1 fully saturated rings. The fraction of sp³-hybridized carbons (Fsp3) is 0.276. The van der Waals surface area contributed by atoms with Crippen molar-refractivity contribution < 1.29 is 39.7 Å². The van der Waals surface area contributed by atoms with Crippen LogP contribution in [0, 0.1) is 0 Å². The van der Waals surface area contributed by atoms with Gasteiger partial charge >= 0.3 is 21.9 Å². The zero-order valence-corrected chi connectivity index (χ0v) is 25.0. The molecule has 3 heterocycles. The highest BCUT2D eigenvalue weighted by atomic mass is 35.5. The number of nitrogens with zero attached hydrogens (tertiary/aromatic N) is 2. The van der Waals surface area contributed by atoms with Gasteiger partial charge in [0, 0.05) is 29.0 Å². The van der Waals surface area contributed by atoms with Crippen molar-refractivity contribution in [1.29, 1.82) is 0 Å². The summed E-state index contributed by atoms with van der Waals surface area (Å²) in [7, 11) is -8.57. The Morgan fingerprint density at radius 2 is 1.90 bits per heavy atom. The van der Waals surface area contributed by atoms with Crippen LogP contribution < -0.4 is 13.8 Å². The first-order valence-corrected chi connectivity index (χ1v) is 16.9. The molecular formula is C29H29ClN2O8S2+2. The fourth-order valence-corrected chi connectivity index (χ4v) is 7.77. The summed E-state index contributed by atoms with van der Waals surface area (Å²) < 4.78 is 81.5. The third kappa shape index (κ3) is 5.01. The first-order valence-electron chi connectivity index (χ1n) is 13.4. The number of hydrogen-bond donors (Lipinski definition) is 2. The molecule has 10 nitrogen and oxygen atoms in total. The van der Waals surface area contributed by atoms with E-state index in [1.165, 1.54) is 0 Å². The lowest BCUT2D eigenvalue weighted by molar-refractivity contribution is -0.677. The fourth-order valence-electron chi connectivity index (χ4n) is 5.94.